The number of aromatic nitrogens is 2. The van der Waals surface area contributed by atoms with E-state index in [9.17, 15) is 5.11 Å². The minimum absolute atomic E-state index is 0.111. The highest BCUT2D eigenvalue weighted by molar-refractivity contribution is 5.68. The van der Waals surface area contributed by atoms with Crippen LogP contribution < -0.4 is 0 Å². The van der Waals surface area contributed by atoms with Gasteiger partial charge in [0.15, 0.2) is 0 Å². The molecular formula is C28H30N2O. The van der Waals surface area contributed by atoms with Gasteiger partial charge in [0.2, 0.25) is 0 Å². The monoisotopic (exact) mass is 410 g/mol. The molecule has 0 amide bonds. The van der Waals surface area contributed by atoms with E-state index >= 15 is 0 Å². The van der Waals surface area contributed by atoms with Gasteiger partial charge in [-0.05, 0) is 78.7 Å². The van der Waals surface area contributed by atoms with Gasteiger partial charge < -0.3 is 9.67 Å². The Morgan fingerprint density at radius 1 is 0.968 bits per heavy atom. The summed E-state index contributed by atoms with van der Waals surface area (Å²) in [6, 6.07) is 20.1. The molecule has 4 saturated carbocycles. The Kier molecular flexibility index (Phi) is 3.85. The summed E-state index contributed by atoms with van der Waals surface area (Å²) in [5, 5.41) is 11.8. The van der Waals surface area contributed by atoms with Gasteiger partial charge in [0.05, 0.1) is 30.4 Å². The fraction of sp³-hybridized carbons (Fsp3) is 0.464. The lowest BCUT2D eigenvalue weighted by molar-refractivity contribution is -0.134. The molecule has 3 aromatic rings. The summed E-state index contributed by atoms with van der Waals surface area (Å²) in [4.78, 5) is 4.42. The molecule has 4 fully saturated rings. The normalized spacial score (nSPS) is 35.7. The number of benzene rings is 2. The van der Waals surface area contributed by atoms with Crippen molar-refractivity contribution in [3.63, 3.8) is 0 Å². The van der Waals surface area contributed by atoms with Crippen LogP contribution in [-0.2, 0) is 0 Å². The quantitative estimate of drug-likeness (QED) is 0.589. The first-order chi connectivity index (χ1) is 15.2. The third-order valence-electron chi connectivity index (χ3n) is 9.26. The Morgan fingerprint density at radius 3 is 2.52 bits per heavy atom. The summed E-state index contributed by atoms with van der Waals surface area (Å²) in [5.41, 5.74) is 5.48. The summed E-state index contributed by atoms with van der Waals surface area (Å²) in [6.07, 6.45) is 10.8. The van der Waals surface area contributed by atoms with Crippen LogP contribution in [0.25, 0.3) is 11.3 Å². The summed E-state index contributed by atoms with van der Waals surface area (Å²) >= 11 is 0. The van der Waals surface area contributed by atoms with Gasteiger partial charge >= 0.3 is 0 Å². The minimum atomic E-state index is -0.247. The van der Waals surface area contributed by atoms with Crippen LogP contribution in [0.1, 0.15) is 61.6 Å². The molecule has 1 aliphatic heterocycles. The van der Waals surface area contributed by atoms with Crippen molar-refractivity contribution in [2.24, 2.45) is 23.2 Å². The maximum atomic E-state index is 11.8. The average molecular weight is 411 g/mol. The zero-order chi connectivity index (χ0) is 20.6. The molecule has 7 atom stereocenters. The van der Waals surface area contributed by atoms with Gasteiger partial charge in [-0.1, -0.05) is 54.6 Å². The van der Waals surface area contributed by atoms with E-state index in [2.05, 4.69) is 64.1 Å². The fourth-order valence-corrected chi connectivity index (χ4v) is 8.35. The molecule has 2 aromatic carbocycles. The zero-order valence-electron chi connectivity index (χ0n) is 17.9. The van der Waals surface area contributed by atoms with Gasteiger partial charge in [0, 0.05) is 5.56 Å². The molecule has 8 rings (SSSR count). The second-order valence-corrected chi connectivity index (χ2v) is 10.8. The van der Waals surface area contributed by atoms with Crippen molar-refractivity contribution in [2.45, 2.75) is 56.6 Å². The lowest BCUT2D eigenvalue weighted by atomic mass is 9.44. The van der Waals surface area contributed by atoms with Crippen LogP contribution in [0.3, 0.4) is 0 Å². The highest BCUT2D eigenvalue weighted by atomic mass is 16.3. The van der Waals surface area contributed by atoms with Crippen molar-refractivity contribution >= 4 is 0 Å². The topological polar surface area (TPSA) is 38.1 Å². The first-order valence-electron chi connectivity index (χ1n) is 12.1. The predicted octanol–water partition coefficient (Wildman–Crippen LogP) is 5.81. The van der Waals surface area contributed by atoms with Crippen LogP contribution in [0.4, 0.5) is 0 Å². The summed E-state index contributed by atoms with van der Waals surface area (Å²) in [5.74, 6) is 2.99. The molecule has 5 aliphatic rings. The molecule has 0 saturated heterocycles. The SMILES string of the molecule is OC(CC1c2ccccc2-c2cncn21)C12CC3CC(C1)C(c1ccccc1)[C@H](C3)C2. The Hall–Kier alpha value is -2.39. The van der Waals surface area contributed by atoms with Crippen molar-refractivity contribution in [1.29, 1.82) is 0 Å². The van der Waals surface area contributed by atoms with Crippen LogP contribution in [0.2, 0.25) is 0 Å². The van der Waals surface area contributed by atoms with Crippen molar-refractivity contribution in [1.82, 2.24) is 9.55 Å². The van der Waals surface area contributed by atoms with Crippen LogP contribution >= 0.6 is 0 Å². The van der Waals surface area contributed by atoms with Crippen LogP contribution in [0.15, 0.2) is 67.1 Å². The first-order valence-corrected chi connectivity index (χ1v) is 12.1. The number of fused-ring (bicyclic) bond motifs is 3. The lowest BCUT2D eigenvalue weighted by Gasteiger charge is -2.62. The van der Waals surface area contributed by atoms with Gasteiger partial charge in [-0.25, -0.2) is 4.98 Å². The molecule has 2 heterocycles. The number of nitrogens with zero attached hydrogens (tertiary/aromatic N) is 2. The second-order valence-electron chi connectivity index (χ2n) is 10.8. The van der Waals surface area contributed by atoms with Gasteiger partial charge in [-0.15, -0.1) is 0 Å². The predicted molar refractivity (Wildman–Crippen MR) is 122 cm³/mol. The van der Waals surface area contributed by atoms with Gasteiger partial charge in [-0.3, -0.25) is 0 Å². The van der Waals surface area contributed by atoms with E-state index in [1.54, 1.807) is 0 Å². The highest BCUT2D eigenvalue weighted by Crippen LogP contribution is 2.66. The molecule has 31 heavy (non-hydrogen) atoms. The summed E-state index contributed by atoms with van der Waals surface area (Å²) < 4.78 is 2.29. The van der Waals surface area contributed by atoms with Crippen LogP contribution in [0, 0.1) is 23.2 Å². The van der Waals surface area contributed by atoms with Crippen molar-refractivity contribution in [2.75, 3.05) is 0 Å². The second kappa shape index (κ2) is 6.56. The van der Waals surface area contributed by atoms with Crippen molar-refractivity contribution in [3.8, 4) is 11.3 Å². The standard InChI is InChI=1S/C28H30N2O/c31-26(12-24-22-8-4-5-9-23(22)25-16-29-17-30(24)25)28-13-18-10-20(14-28)27(21(11-18)15-28)19-6-2-1-3-7-19/h1-9,16-18,20-21,24,26-27,31H,10-15H2/t18?,20-,21?,24?,26?,27?,28?/m1/s1. The highest BCUT2D eigenvalue weighted by Gasteiger charge is 2.58. The summed E-state index contributed by atoms with van der Waals surface area (Å²) in [7, 11) is 0. The van der Waals surface area contributed by atoms with E-state index in [1.165, 1.54) is 54.5 Å². The number of hydrogen-bond acceptors (Lipinski definition) is 2. The molecule has 4 bridgehead atoms. The molecule has 3 heteroatoms. The number of aliphatic hydroxyl groups excluding tert-OH is 1. The zero-order valence-corrected chi connectivity index (χ0v) is 17.9. The van der Waals surface area contributed by atoms with E-state index in [-0.39, 0.29) is 17.6 Å². The number of imidazole rings is 1. The molecule has 1 N–H and O–H groups in total. The summed E-state index contributed by atoms with van der Waals surface area (Å²) in [6.45, 7) is 0. The Bertz CT molecular complexity index is 1100. The maximum absolute atomic E-state index is 11.8. The Balaban J connectivity index is 1.19. The smallest absolute Gasteiger partial charge is 0.0956 e. The number of hydrogen-bond donors (Lipinski definition) is 1. The van der Waals surface area contributed by atoms with E-state index in [0.717, 1.165) is 24.2 Å². The number of aliphatic hydroxyl groups is 1. The van der Waals surface area contributed by atoms with Crippen LogP contribution in [0.5, 0.6) is 0 Å². The minimum Gasteiger partial charge on any atom is -0.392 e. The third-order valence-corrected chi connectivity index (χ3v) is 9.26. The third kappa shape index (κ3) is 2.59. The molecule has 158 valence electrons. The van der Waals surface area contributed by atoms with E-state index in [1.807, 2.05) is 12.5 Å². The molecule has 1 aromatic heterocycles. The van der Waals surface area contributed by atoms with Crippen molar-refractivity contribution in [3.05, 3.63) is 78.2 Å². The molecule has 3 nitrogen and oxygen atoms in total. The first kappa shape index (κ1) is 18.2. The number of rotatable bonds is 4. The molecular weight excluding hydrogens is 380 g/mol. The Labute approximate surface area is 184 Å². The van der Waals surface area contributed by atoms with Gasteiger partial charge in [0.1, 0.15) is 0 Å². The van der Waals surface area contributed by atoms with Gasteiger partial charge in [-0.2, -0.15) is 0 Å². The van der Waals surface area contributed by atoms with Gasteiger partial charge in [0.25, 0.3) is 0 Å². The molecule has 4 aliphatic carbocycles. The van der Waals surface area contributed by atoms with Crippen LogP contribution in [-0.4, -0.2) is 20.8 Å². The fourth-order valence-electron chi connectivity index (χ4n) is 8.35. The lowest BCUT2D eigenvalue weighted by Crippen LogP contribution is -2.54. The van der Waals surface area contributed by atoms with E-state index in [0.29, 0.717) is 5.92 Å². The van der Waals surface area contributed by atoms with E-state index in [4.69, 9.17) is 0 Å². The Morgan fingerprint density at radius 2 is 1.71 bits per heavy atom. The largest absolute Gasteiger partial charge is 0.392 e. The maximum Gasteiger partial charge on any atom is 0.0956 e. The van der Waals surface area contributed by atoms with Crippen molar-refractivity contribution < 1.29 is 5.11 Å². The van der Waals surface area contributed by atoms with E-state index < -0.39 is 0 Å². The molecule has 0 spiro atoms. The average Bonchev–Trinajstić information content (AvgIpc) is 3.36. The molecule has 6 unspecified atom stereocenters. The molecule has 0 radical (unpaired) electrons.